The van der Waals surface area contributed by atoms with Gasteiger partial charge in [0.15, 0.2) is 9.84 Å². The summed E-state index contributed by atoms with van der Waals surface area (Å²) in [5, 5.41) is 2.31. The maximum Gasteiger partial charge on any atom is 0.253 e. The second-order valence-electron chi connectivity index (χ2n) is 8.19. The Labute approximate surface area is 222 Å². The van der Waals surface area contributed by atoms with Gasteiger partial charge in [-0.15, -0.1) is 0 Å². The van der Waals surface area contributed by atoms with Crippen molar-refractivity contribution in [2.45, 2.75) is 23.8 Å². The zero-order valence-corrected chi connectivity index (χ0v) is 23.4. The SMILES string of the molecule is CNC(=O)CS(=O)(=O)c1ccc(C(=O)N(C)C(Cc2ccc(Br)cc2)Cc2ccc(Br)cc2)cc1. The van der Waals surface area contributed by atoms with E-state index in [0.29, 0.717) is 18.4 Å². The van der Waals surface area contributed by atoms with Crippen LogP contribution in [0.5, 0.6) is 0 Å². The van der Waals surface area contributed by atoms with Crippen LogP contribution >= 0.6 is 31.9 Å². The van der Waals surface area contributed by atoms with Gasteiger partial charge in [-0.1, -0.05) is 56.1 Å². The summed E-state index contributed by atoms with van der Waals surface area (Å²) in [6.07, 6.45) is 1.31. The molecule has 0 saturated heterocycles. The lowest BCUT2D eigenvalue weighted by molar-refractivity contribution is -0.118. The van der Waals surface area contributed by atoms with Crippen molar-refractivity contribution in [2.24, 2.45) is 0 Å². The van der Waals surface area contributed by atoms with Crippen LogP contribution in [0, 0.1) is 0 Å². The number of nitrogens with zero attached hydrogens (tertiary/aromatic N) is 1. The van der Waals surface area contributed by atoms with Crippen LogP contribution in [-0.4, -0.2) is 51.0 Å². The molecule has 184 valence electrons. The van der Waals surface area contributed by atoms with Gasteiger partial charge in [0.1, 0.15) is 5.75 Å². The van der Waals surface area contributed by atoms with E-state index in [1.165, 1.54) is 31.3 Å². The summed E-state index contributed by atoms with van der Waals surface area (Å²) in [5.74, 6) is -1.44. The maximum atomic E-state index is 13.4. The molecule has 0 radical (unpaired) electrons. The summed E-state index contributed by atoms with van der Waals surface area (Å²) >= 11 is 6.92. The minimum atomic E-state index is -3.78. The van der Waals surface area contributed by atoms with Crippen LogP contribution in [0.15, 0.2) is 86.6 Å². The molecule has 0 aliphatic heterocycles. The van der Waals surface area contributed by atoms with Crippen LogP contribution < -0.4 is 5.32 Å². The van der Waals surface area contributed by atoms with E-state index >= 15 is 0 Å². The summed E-state index contributed by atoms with van der Waals surface area (Å²) < 4.78 is 26.8. The zero-order chi connectivity index (χ0) is 25.6. The molecule has 0 spiro atoms. The molecule has 35 heavy (non-hydrogen) atoms. The minimum absolute atomic E-state index is 0.00146. The summed E-state index contributed by atoms with van der Waals surface area (Å²) in [7, 11) is -0.636. The lowest BCUT2D eigenvalue weighted by Crippen LogP contribution is -2.40. The largest absolute Gasteiger partial charge is 0.358 e. The fraction of sp³-hybridized carbons (Fsp3) is 0.231. The molecule has 2 amide bonds. The van der Waals surface area contributed by atoms with Gasteiger partial charge in [-0.05, 0) is 72.5 Å². The molecule has 9 heteroatoms. The van der Waals surface area contributed by atoms with Crippen LogP contribution in [0.3, 0.4) is 0 Å². The standard InChI is InChI=1S/C26H26Br2N2O4S/c1-29-25(31)17-35(33,34)24-13-7-20(8-14-24)26(32)30(2)23(15-18-3-9-21(27)10-4-18)16-19-5-11-22(28)12-6-19/h3-14,23H,15-17H2,1-2H3,(H,29,31). The number of hydrogen-bond acceptors (Lipinski definition) is 4. The molecule has 0 heterocycles. The van der Waals surface area contributed by atoms with Gasteiger partial charge in [-0.25, -0.2) is 8.42 Å². The van der Waals surface area contributed by atoms with Crippen LogP contribution in [0.2, 0.25) is 0 Å². The Bertz CT molecular complexity index is 1230. The van der Waals surface area contributed by atoms with Crippen molar-refractivity contribution in [3.8, 4) is 0 Å². The summed E-state index contributed by atoms with van der Waals surface area (Å²) in [5.41, 5.74) is 2.58. The van der Waals surface area contributed by atoms with E-state index in [4.69, 9.17) is 0 Å². The third kappa shape index (κ3) is 7.49. The molecule has 0 saturated carbocycles. The van der Waals surface area contributed by atoms with E-state index in [9.17, 15) is 18.0 Å². The molecule has 0 fully saturated rings. The van der Waals surface area contributed by atoms with Crippen molar-refractivity contribution in [1.82, 2.24) is 10.2 Å². The van der Waals surface area contributed by atoms with Crippen molar-refractivity contribution < 1.29 is 18.0 Å². The molecule has 0 atom stereocenters. The van der Waals surface area contributed by atoms with E-state index in [1.54, 1.807) is 11.9 Å². The molecule has 3 aromatic carbocycles. The monoisotopic (exact) mass is 620 g/mol. The average Bonchev–Trinajstić information content (AvgIpc) is 2.85. The van der Waals surface area contributed by atoms with Crippen LogP contribution in [0.4, 0.5) is 0 Å². The number of halogens is 2. The van der Waals surface area contributed by atoms with Crippen LogP contribution in [0.1, 0.15) is 21.5 Å². The molecule has 3 aromatic rings. The van der Waals surface area contributed by atoms with Gasteiger partial charge in [0, 0.05) is 34.6 Å². The molecule has 0 aromatic heterocycles. The van der Waals surface area contributed by atoms with E-state index in [1.807, 2.05) is 48.5 Å². The Kier molecular flexibility index (Phi) is 9.27. The number of rotatable bonds is 9. The summed E-state index contributed by atoms with van der Waals surface area (Å²) in [6.45, 7) is 0. The quantitative estimate of drug-likeness (QED) is 0.377. The number of carbonyl (C=O) groups is 2. The minimum Gasteiger partial charge on any atom is -0.358 e. The third-order valence-electron chi connectivity index (χ3n) is 5.70. The molecule has 0 aliphatic rings. The first-order valence-electron chi connectivity index (χ1n) is 10.9. The number of sulfone groups is 1. The zero-order valence-electron chi connectivity index (χ0n) is 19.4. The number of nitrogens with one attached hydrogen (secondary N) is 1. The summed E-state index contributed by atoms with van der Waals surface area (Å²) in [4.78, 5) is 26.6. The van der Waals surface area contributed by atoms with Gasteiger partial charge >= 0.3 is 0 Å². The third-order valence-corrected chi connectivity index (χ3v) is 8.39. The van der Waals surface area contributed by atoms with Crippen molar-refractivity contribution in [3.05, 3.63) is 98.4 Å². The molecule has 0 aliphatic carbocycles. The fourth-order valence-electron chi connectivity index (χ4n) is 3.63. The number of likely N-dealkylation sites (N-methyl/N-ethyl adjacent to an activating group) is 1. The molecule has 1 N–H and O–H groups in total. The molecular weight excluding hydrogens is 596 g/mol. The molecule has 0 bridgehead atoms. The number of hydrogen-bond donors (Lipinski definition) is 1. The predicted molar refractivity (Wildman–Crippen MR) is 144 cm³/mol. The van der Waals surface area contributed by atoms with Crippen molar-refractivity contribution in [1.29, 1.82) is 0 Å². The Hall–Kier alpha value is -2.49. The number of carbonyl (C=O) groups excluding carboxylic acids is 2. The van der Waals surface area contributed by atoms with Crippen LogP contribution in [-0.2, 0) is 27.5 Å². The highest BCUT2D eigenvalue weighted by atomic mass is 79.9. The van der Waals surface area contributed by atoms with Gasteiger partial charge in [0.25, 0.3) is 5.91 Å². The van der Waals surface area contributed by atoms with Gasteiger partial charge in [-0.3, -0.25) is 9.59 Å². The second-order valence-corrected chi connectivity index (χ2v) is 12.0. The Balaban J connectivity index is 1.83. The molecule has 0 unspecified atom stereocenters. The number of benzene rings is 3. The lowest BCUT2D eigenvalue weighted by Gasteiger charge is -2.29. The molecule has 6 nitrogen and oxygen atoms in total. The van der Waals surface area contributed by atoms with Crippen molar-refractivity contribution >= 4 is 53.5 Å². The highest BCUT2D eigenvalue weighted by Gasteiger charge is 2.24. The van der Waals surface area contributed by atoms with Crippen LogP contribution in [0.25, 0.3) is 0 Å². The lowest BCUT2D eigenvalue weighted by atomic mass is 9.97. The van der Waals surface area contributed by atoms with Gasteiger partial charge in [0.05, 0.1) is 4.90 Å². The van der Waals surface area contributed by atoms with E-state index in [-0.39, 0.29) is 16.8 Å². The summed E-state index contributed by atoms with van der Waals surface area (Å²) in [6, 6.07) is 21.6. The normalized spacial score (nSPS) is 11.3. The van der Waals surface area contributed by atoms with Gasteiger partial charge in [-0.2, -0.15) is 0 Å². The molecule has 3 rings (SSSR count). The fourth-order valence-corrected chi connectivity index (χ4v) is 5.37. The Morgan fingerprint density at radius 3 is 1.71 bits per heavy atom. The number of amides is 2. The van der Waals surface area contributed by atoms with E-state index in [2.05, 4.69) is 37.2 Å². The first kappa shape index (κ1) is 27.1. The van der Waals surface area contributed by atoms with Crippen molar-refractivity contribution in [2.75, 3.05) is 19.8 Å². The predicted octanol–water partition coefficient (Wildman–Crippen LogP) is 4.66. The average molecular weight is 622 g/mol. The van der Waals surface area contributed by atoms with Gasteiger partial charge in [0.2, 0.25) is 5.91 Å². The van der Waals surface area contributed by atoms with Gasteiger partial charge < -0.3 is 10.2 Å². The topological polar surface area (TPSA) is 83.5 Å². The first-order chi connectivity index (χ1) is 16.6. The smallest absolute Gasteiger partial charge is 0.253 e. The highest BCUT2D eigenvalue weighted by Crippen LogP contribution is 2.20. The second kappa shape index (κ2) is 12.0. The van der Waals surface area contributed by atoms with E-state index < -0.39 is 21.5 Å². The maximum absolute atomic E-state index is 13.4. The van der Waals surface area contributed by atoms with Crippen molar-refractivity contribution in [3.63, 3.8) is 0 Å². The highest BCUT2D eigenvalue weighted by molar-refractivity contribution is 9.10. The first-order valence-corrected chi connectivity index (χ1v) is 14.1. The Morgan fingerprint density at radius 2 is 1.29 bits per heavy atom. The van der Waals surface area contributed by atoms with E-state index in [0.717, 1.165) is 20.1 Å². The molecular formula is C26H26Br2N2O4S. The Morgan fingerprint density at radius 1 is 0.829 bits per heavy atom.